The Labute approximate surface area is 128 Å². The molecule has 0 amide bonds. The summed E-state index contributed by atoms with van der Waals surface area (Å²) in [5, 5.41) is 0. The minimum Gasteiger partial charge on any atom is -0.329 e. The molecule has 1 saturated carbocycles. The van der Waals surface area contributed by atoms with Gasteiger partial charge in [-0.15, -0.1) is 0 Å². The monoisotopic (exact) mass is 284 g/mol. The molecule has 0 aromatic heterocycles. The van der Waals surface area contributed by atoms with E-state index in [4.69, 9.17) is 5.73 Å². The number of benzene rings is 1. The van der Waals surface area contributed by atoms with Crippen LogP contribution in [0.2, 0.25) is 0 Å². The zero-order valence-corrected chi connectivity index (χ0v) is 13.2. The van der Waals surface area contributed by atoms with E-state index in [9.17, 15) is 0 Å². The highest BCUT2D eigenvalue weighted by Gasteiger charge is 2.55. The van der Waals surface area contributed by atoms with Gasteiger partial charge in [-0.05, 0) is 75.0 Å². The summed E-state index contributed by atoms with van der Waals surface area (Å²) in [7, 11) is 0. The van der Waals surface area contributed by atoms with Gasteiger partial charge in [0.2, 0.25) is 0 Å². The van der Waals surface area contributed by atoms with Crippen LogP contribution in [-0.4, -0.2) is 29.6 Å². The van der Waals surface area contributed by atoms with Crippen LogP contribution in [-0.2, 0) is 12.8 Å². The molecule has 0 spiro atoms. The minimum absolute atomic E-state index is 0.273. The average Bonchev–Trinajstić information content (AvgIpc) is 3.00. The molecule has 1 aromatic carbocycles. The van der Waals surface area contributed by atoms with Crippen molar-refractivity contribution in [2.24, 2.45) is 17.6 Å². The molecule has 0 radical (unpaired) electrons. The maximum absolute atomic E-state index is 6.46. The molecule has 2 bridgehead atoms. The minimum atomic E-state index is 0.273. The Morgan fingerprint density at radius 2 is 1.71 bits per heavy atom. The van der Waals surface area contributed by atoms with Crippen LogP contribution in [0, 0.1) is 11.8 Å². The van der Waals surface area contributed by atoms with Gasteiger partial charge in [0.25, 0.3) is 0 Å². The maximum Gasteiger partial charge on any atom is 0.0397 e. The fourth-order valence-corrected chi connectivity index (χ4v) is 5.75. The molecule has 1 heterocycles. The summed E-state index contributed by atoms with van der Waals surface area (Å²) in [6.07, 6.45) is 7.95. The van der Waals surface area contributed by atoms with Gasteiger partial charge >= 0.3 is 0 Å². The van der Waals surface area contributed by atoms with Crippen molar-refractivity contribution in [3.63, 3.8) is 0 Å². The SMILES string of the molecule is CC1CCCN1C1(CN)C2CCC1Cc1ccccc1C2. The van der Waals surface area contributed by atoms with Gasteiger partial charge in [-0.2, -0.15) is 0 Å². The molecule has 2 nitrogen and oxygen atoms in total. The van der Waals surface area contributed by atoms with Gasteiger partial charge in [0, 0.05) is 18.1 Å². The lowest BCUT2D eigenvalue weighted by molar-refractivity contribution is 0.0178. The molecule has 2 heteroatoms. The molecule has 4 rings (SSSR count). The Bertz CT molecular complexity index is 491. The van der Waals surface area contributed by atoms with Gasteiger partial charge in [-0.3, -0.25) is 4.90 Å². The summed E-state index contributed by atoms with van der Waals surface area (Å²) >= 11 is 0. The van der Waals surface area contributed by atoms with Gasteiger partial charge in [0.15, 0.2) is 0 Å². The number of hydrogen-bond acceptors (Lipinski definition) is 2. The van der Waals surface area contributed by atoms with E-state index in [0.29, 0.717) is 0 Å². The number of nitrogens with zero attached hydrogens (tertiary/aromatic N) is 1. The molecular weight excluding hydrogens is 256 g/mol. The van der Waals surface area contributed by atoms with E-state index in [1.54, 1.807) is 11.1 Å². The quantitative estimate of drug-likeness (QED) is 0.904. The number of fused-ring (bicyclic) bond motifs is 3. The van der Waals surface area contributed by atoms with E-state index in [0.717, 1.165) is 24.4 Å². The van der Waals surface area contributed by atoms with Crippen LogP contribution in [0.25, 0.3) is 0 Å². The molecule has 3 aliphatic rings. The lowest BCUT2D eigenvalue weighted by Gasteiger charge is -2.48. The molecule has 3 unspecified atom stereocenters. The van der Waals surface area contributed by atoms with Crippen LogP contribution in [0.5, 0.6) is 0 Å². The summed E-state index contributed by atoms with van der Waals surface area (Å²) in [5.41, 5.74) is 9.92. The standard InChI is InChI=1S/C19H28N2/c1-14-5-4-10-21(14)19(13-20)17-8-9-18(19)12-16-7-3-2-6-15(16)11-17/h2-3,6-7,14,17-18H,4-5,8-13,20H2,1H3. The first-order valence-corrected chi connectivity index (χ1v) is 8.79. The highest BCUT2D eigenvalue weighted by atomic mass is 15.3. The molecular formula is C19H28N2. The van der Waals surface area contributed by atoms with Crippen molar-refractivity contribution in [2.75, 3.05) is 13.1 Å². The van der Waals surface area contributed by atoms with Crippen molar-refractivity contribution in [1.29, 1.82) is 0 Å². The number of rotatable bonds is 2. The Morgan fingerprint density at radius 1 is 1.10 bits per heavy atom. The summed E-state index contributed by atoms with van der Waals surface area (Å²) < 4.78 is 0. The van der Waals surface area contributed by atoms with Crippen molar-refractivity contribution in [1.82, 2.24) is 4.90 Å². The predicted molar refractivity (Wildman–Crippen MR) is 87.3 cm³/mol. The van der Waals surface area contributed by atoms with Crippen LogP contribution >= 0.6 is 0 Å². The zero-order valence-electron chi connectivity index (χ0n) is 13.2. The van der Waals surface area contributed by atoms with E-state index >= 15 is 0 Å². The van der Waals surface area contributed by atoms with Crippen LogP contribution in [0.3, 0.4) is 0 Å². The smallest absolute Gasteiger partial charge is 0.0397 e. The second-order valence-electron chi connectivity index (χ2n) is 7.53. The van der Waals surface area contributed by atoms with E-state index in [2.05, 4.69) is 36.1 Å². The van der Waals surface area contributed by atoms with Crippen molar-refractivity contribution in [3.05, 3.63) is 35.4 Å². The zero-order chi connectivity index (χ0) is 14.4. The highest BCUT2D eigenvalue weighted by Crippen LogP contribution is 2.51. The average molecular weight is 284 g/mol. The molecule has 1 aliphatic heterocycles. The second kappa shape index (κ2) is 5.10. The Morgan fingerprint density at radius 3 is 2.19 bits per heavy atom. The molecule has 114 valence electrons. The first kappa shape index (κ1) is 13.8. The third-order valence-electron chi connectivity index (χ3n) is 6.74. The number of hydrogen-bond donors (Lipinski definition) is 1. The van der Waals surface area contributed by atoms with Crippen molar-refractivity contribution in [3.8, 4) is 0 Å². The van der Waals surface area contributed by atoms with Crippen molar-refractivity contribution in [2.45, 2.75) is 57.0 Å². The first-order valence-electron chi connectivity index (χ1n) is 8.79. The van der Waals surface area contributed by atoms with E-state index < -0.39 is 0 Å². The van der Waals surface area contributed by atoms with Crippen LogP contribution < -0.4 is 5.73 Å². The lowest BCUT2D eigenvalue weighted by atomic mass is 9.77. The summed E-state index contributed by atoms with van der Waals surface area (Å²) in [6.45, 7) is 4.53. The van der Waals surface area contributed by atoms with Crippen LogP contribution in [0.1, 0.15) is 43.7 Å². The van der Waals surface area contributed by atoms with Gasteiger partial charge in [-0.25, -0.2) is 0 Å². The molecule has 1 aromatic rings. The first-order chi connectivity index (χ1) is 10.3. The molecule has 2 N–H and O–H groups in total. The predicted octanol–water partition coefficient (Wildman–Crippen LogP) is 2.99. The van der Waals surface area contributed by atoms with E-state index in [1.165, 1.54) is 45.1 Å². The fraction of sp³-hybridized carbons (Fsp3) is 0.684. The van der Waals surface area contributed by atoms with Gasteiger partial charge in [0.1, 0.15) is 0 Å². The normalized spacial score (nSPS) is 39.2. The molecule has 1 saturated heterocycles. The molecule has 3 atom stereocenters. The highest BCUT2D eigenvalue weighted by molar-refractivity contribution is 5.33. The summed E-state index contributed by atoms with van der Waals surface area (Å²) in [6, 6.07) is 9.84. The third-order valence-corrected chi connectivity index (χ3v) is 6.74. The van der Waals surface area contributed by atoms with Crippen LogP contribution in [0.15, 0.2) is 24.3 Å². The molecule has 21 heavy (non-hydrogen) atoms. The molecule has 2 aliphatic carbocycles. The second-order valence-corrected chi connectivity index (χ2v) is 7.53. The number of likely N-dealkylation sites (tertiary alicyclic amines) is 1. The fourth-order valence-electron chi connectivity index (χ4n) is 5.75. The third kappa shape index (κ3) is 1.92. The largest absolute Gasteiger partial charge is 0.329 e. The van der Waals surface area contributed by atoms with Gasteiger partial charge in [-0.1, -0.05) is 24.3 Å². The van der Waals surface area contributed by atoms with E-state index in [1.807, 2.05) is 0 Å². The van der Waals surface area contributed by atoms with Gasteiger partial charge < -0.3 is 5.73 Å². The summed E-state index contributed by atoms with van der Waals surface area (Å²) in [5.74, 6) is 1.52. The lowest BCUT2D eigenvalue weighted by Crippen LogP contribution is -2.61. The Kier molecular flexibility index (Phi) is 3.35. The topological polar surface area (TPSA) is 29.3 Å². The summed E-state index contributed by atoms with van der Waals surface area (Å²) in [4.78, 5) is 2.82. The van der Waals surface area contributed by atoms with E-state index in [-0.39, 0.29) is 5.54 Å². The van der Waals surface area contributed by atoms with Crippen LogP contribution in [0.4, 0.5) is 0 Å². The molecule has 2 fully saturated rings. The van der Waals surface area contributed by atoms with Crippen molar-refractivity contribution < 1.29 is 0 Å². The maximum atomic E-state index is 6.46. The Balaban J connectivity index is 1.76. The van der Waals surface area contributed by atoms with Crippen molar-refractivity contribution >= 4 is 0 Å². The Hall–Kier alpha value is -0.860. The number of nitrogens with two attached hydrogens (primary N) is 1. The van der Waals surface area contributed by atoms with Gasteiger partial charge in [0.05, 0.1) is 0 Å².